The molecule has 134 valence electrons. The van der Waals surface area contributed by atoms with Crippen LogP contribution in [0.3, 0.4) is 0 Å². The number of nitrogens with zero attached hydrogens (tertiary/aromatic N) is 7. The molecular weight excluding hydrogens is 330 g/mol. The van der Waals surface area contributed by atoms with Crippen LogP contribution in [0.25, 0.3) is 5.82 Å². The summed E-state index contributed by atoms with van der Waals surface area (Å²) in [5.41, 5.74) is 1.20. The minimum atomic E-state index is 0.649. The third-order valence-electron chi connectivity index (χ3n) is 4.48. The van der Waals surface area contributed by atoms with E-state index in [1.54, 1.807) is 18.0 Å². The Morgan fingerprint density at radius 3 is 2.42 bits per heavy atom. The van der Waals surface area contributed by atoms with E-state index in [-0.39, 0.29) is 0 Å². The molecule has 1 saturated heterocycles. The van der Waals surface area contributed by atoms with Crippen LogP contribution in [-0.4, -0.2) is 63.2 Å². The van der Waals surface area contributed by atoms with Gasteiger partial charge in [0.05, 0.1) is 7.11 Å². The molecule has 0 spiro atoms. The SMILES string of the molecule is COc1ccc(CN2CCN(c3ccc(-n4cccn4)nn3)CC2)cn1. The van der Waals surface area contributed by atoms with E-state index >= 15 is 0 Å². The number of rotatable bonds is 5. The molecule has 0 atom stereocenters. The molecule has 0 aliphatic carbocycles. The summed E-state index contributed by atoms with van der Waals surface area (Å²) < 4.78 is 6.81. The Labute approximate surface area is 152 Å². The maximum atomic E-state index is 5.10. The molecule has 4 rings (SSSR count). The van der Waals surface area contributed by atoms with Crippen LogP contribution in [0.15, 0.2) is 48.9 Å². The highest BCUT2D eigenvalue weighted by Gasteiger charge is 2.18. The van der Waals surface area contributed by atoms with Gasteiger partial charge in [0.15, 0.2) is 11.6 Å². The molecule has 1 aliphatic heterocycles. The van der Waals surface area contributed by atoms with Gasteiger partial charge in [0.25, 0.3) is 0 Å². The van der Waals surface area contributed by atoms with Crippen LogP contribution < -0.4 is 9.64 Å². The predicted molar refractivity (Wildman–Crippen MR) is 97.4 cm³/mol. The summed E-state index contributed by atoms with van der Waals surface area (Å²) in [7, 11) is 1.63. The molecule has 0 unspecified atom stereocenters. The van der Waals surface area contributed by atoms with Crippen molar-refractivity contribution in [1.29, 1.82) is 0 Å². The number of hydrogen-bond donors (Lipinski definition) is 0. The van der Waals surface area contributed by atoms with Crippen molar-refractivity contribution in [2.24, 2.45) is 0 Å². The van der Waals surface area contributed by atoms with Crippen LogP contribution in [0.5, 0.6) is 5.88 Å². The van der Waals surface area contributed by atoms with Crippen LogP contribution in [-0.2, 0) is 6.54 Å². The molecule has 3 aromatic rings. The lowest BCUT2D eigenvalue weighted by molar-refractivity contribution is 0.248. The zero-order chi connectivity index (χ0) is 17.8. The molecular formula is C18H21N7O. The number of ether oxygens (including phenoxy) is 1. The monoisotopic (exact) mass is 351 g/mol. The summed E-state index contributed by atoms with van der Waals surface area (Å²) >= 11 is 0. The van der Waals surface area contributed by atoms with Gasteiger partial charge in [-0.3, -0.25) is 4.90 Å². The molecule has 1 aliphatic rings. The third kappa shape index (κ3) is 3.65. The maximum absolute atomic E-state index is 5.10. The zero-order valence-corrected chi connectivity index (χ0v) is 14.7. The fourth-order valence-corrected chi connectivity index (χ4v) is 3.03. The van der Waals surface area contributed by atoms with Crippen molar-refractivity contribution >= 4 is 5.82 Å². The highest BCUT2D eigenvalue weighted by Crippen LogP contribution is 2.16. The Hall–Kier alpha value is -3.00. The quantitative estimate of drug-likeness (QED) is 0.688. The molecule has 4 heterocycles. The predicted octanol–water partition coefficient (Wildman–Crippen LogP) is 1.39. The Morgan fingerprint density at radius 2 is 1.81 bits per heavy atom. The van der Waals surface area contributed by atoms with Crippen molar-refractivity contribution in [2.45, 2.75) is 6.54 Å². The van der Waals surface area contributed by atoms with Gasteiger partial charge in [0.2, 0.25) is 5.88 Å². The smallest absolute Gasteiger partial charge is 0.212 e. The van der Waals surface area contributed by atoms with E-state index in [4.69, 9.17) is 4.74 Å². The average Bonchev–Trinajstić information content (AvgIpc) is 3.24. The van der Waals surface area contributed by atoms with Gasteiger partial charge in [-0.05, 0) is 23.8 Å². The van der Waals surface area contributed by atoms with Crippen molar-refractivity contribution in [3.8, 4) is 11.7 Å². The van der Waals surface area contributed by atoms with E-state index in [0.717, 1.165) is 44.4 Å². The first-order chi connectivity index (χ1) is 12.8. The van der Waals surface area contributed by atoms with Gasteiger partial charge in [0.1, 0.15) is 0 Å². The third-order valence-corrected chi connectivity index (χ3v) is 4.48. The fraction of sp³-hybridized carbons (Fsp3) is 0.333. The molecule has 0 N–H and O–H groups in total. The molecule has 0 bridgehead atoms. The van der Waals surface area contributed by atoms with Crippen LogP contribution in [0.1, 0.15) is 5.56 Å². The van der Waals surface area contributed by atoms with Gasteiger partial charge in [0, 0.05) is 57.4 Å². The number of anilines is 1. The zero-order valence-electron chi connectivity index (χ0n) is 14.7. The van der Waals surface area contributed by atoms with E-state index in [2.05, 4.69) is 36.1 Å². The topological polar surface area (TPSA) is 72.2 Å². The van der Waals surface area contributed by atoms with Crippen molar-refractivity contribution in [3.63, 3.8) is 0 Å². The molecule has 26 heavy (non-hydrogen) atoms. The van der Waals surface area contributed by atoms with Gasteiger partial charge in [-0.15, -0.1) is 10.2 Å². The standard InChI is InChI=1S/C18H21N7O/c1-26-18-6-3-15(13-19-18)14-23-9-11-24(12-10-23)16-4-5-17(22-21-16)25-8-2-7-20-25/h2-8,13H,9-12,14H2,1H3. The van der Waals surface area contributed by atoms with Gasteiger partial charge < -0.3 is 9.64 Å². The molecule has 0 aromatic carbocycles. The first-order valence-electron chi connectivity index (χ1n) is 8.62. The highest BCUT2D eigenvalue weighted by molar-refractivity contribution is 5.40. The van der Waals surface area contributed by atoms with Crippen LogP contribution in [0, 0.1) is 0 Å². The Morgan fingerprint density at radius 1 is 1.00 bits per heavy atom. The van der Waals surface area contributed by atoms with E-state index in [1.807, 2.05) is 36.7 Å². The van der Waals surface area contributed by atoms with Gasteiger partial charge in [-0.2, -0.15) is 5.10 Å². The average molecular weight is 351 g/mol. The minimum Gasteiger partial charge on any atom is -0.481 e. The largest absolute Gasteiger partial charge is 0.481 e. The van der Waals surface area contributed by atoms with Crippen LogP contribution in [0.2, 0.25) is 0 Å². The highest BCUT2D eigenvalue weighted by atomic mass is 16.5. The minimum absolute atomic E-state index is 0.649. The lowest BCUT2D eigenvalue weighted by Crippen LogP contribution is -2.46. The molecule has 3 aromatic heterocycles. The Kier molecular flexibility index (Phi) is 4.74. The fourth-order valence-electron chi connectivity index (χ4n) is 3.03. The number of piperazine rings is 1. The molecule has 8 nitrogen and oxygen atoms in total. The van der Waals surface area contributed by atoms with Gasteiger partial charge in [-0.1, -0.05) is 6.07 Å². The van der Waals surface area contributed by atoms with Gasteiger partial charge in [-0.25, -0.2) is 9.67 Å². The summed E-state index contributed by atoms with van der Waals surface area (Å²) in [5, 5.41) is 12.8. The summed E-state index contributed by atoms with van der Waals surface area (Å²) in [6.45, 7) is 4.72. The van der Waals surface area contributed by atoms with Crippen molar-refractivity contribution in [3.05, 3.63) is 54.5 Å². The van der Waals surface area contributed by atoms with Gasteiger partial charge >= 0.3 is 0 Å². The molecule has 1 fully saturated rings. The summed E-state index contributed by atoms with van der Waals surface area (Å²) in [5.74, 6) is 2.28. The number of methoxy groups -OCH3 is 1. The molecule has 0 radical (unpaired) electrons. The molecule has 0 amide bonds. The maximum Gasteiger partial charge on any atom is 0.212 e. The summed E-state index contributed by atoms with van der Waals surface area (Å²) in [4.78, 5) is 8.96. The van der Waals surface area contributed by atoms with Crippen LogP contribution in [0.4, 0.5) is 5.82 Å². The summed E-state index contributed by atoms with van der Waals surface area (Å²) in [6, 6.07) is 9.80. The second-order valence-corrected chi connectivity index (χ2v) is 6.17. The molecule has 8 heteroatoms. The number of aromatic nitrogens is 5. The van der Waals surface area contributed by atoms with Crippen molar-refractivity contribution in [1.82, 2.24) is 29.9 Å². The Bertz CT molecular complexity index is 810. The lowest BCUT2D eigenvalue weighted by Gasteiger charge is -2.35. The first kappa shape index (κ1) is 16.5. The van der Waals surface area contributed by atoms with Crippen molar-refractivity contribution in [2.75, 3.05) is 38.2 Å². The second-order valence-electron chi connectivity index (χ2n) is 6.17. The van der Waals surface area contributed by atoms with E-state index in [9.17, 15) is 0 Å². The number of hydrogen-bond acceptors (Lipinski definition) is 7. The van der Waals surface area contributed by atoms with E-state index in [0.29, 0.717) is 5.88 Å². The van der Waals surface area contributed by atoms with Crippen molar-refractivity contribution < 1.29 is 4.74 Å². The summed E-state index contributed by atoms with van der Waals surface area (Å²) in [6.07, 6.45) is 5.47. The van der Waals surface area contributed by atoms with E-state index in [1.165, 1.54) is 5.56 Å². The second kappa shape index (κ2) is 7.49. The van der Waals surface area contributed by atoms with E-state index < -0.39 is 0 Å². The first-order valence-corrected chi connectivity index (χ1v) is 8.62. The van der Waals surface area contributed by atoms with Crippen LogP contribution >= 0.6 is 0 Å². The number of pyridine rings is 1. The molecule has 0 saturated carbocycles. The normalized spacial score (nSPS) is 15.2. The Balaban J connectivity index is 1.33. The lowest BCUT2D eigenvalue weighted by atomic mass is 10.2.